The van der Waals surface area contributed by atoms with Gasteiger partial charge < -0.3 is 15.4 Å². The molecule has 21 heavy (non-hydrogen) atoms. The SMILES string of the molecule is CCNc1cc(C(F)(F)F)cc(NCCCCCOC)n1. The lowest BCUT2D eigenvalue weighted by Crippen LogP contribution is -2.11. The van der Waals surface area contributed by atoms with Gasteiger partial charge in [-0.3, -0.25) is 0 Å². The van der Waals surface area contributed by atoms with E-state index in [2.05, 4.69) is 15.6 Å². The highest BCUT2D eigenvalue weighted by molar-refractivity contribution is 5.49. The highest BCUT2D eigenvalue weighted by atomic mass is 19.4. The largest absolute Gasteiger partial charge is 0.416 e. The third-order valence-corrected chi connectivity index (χ3v) is 2.84. The highest BCUT2D eigenvalue weighted by Gasteiger charge is 2.31. The van der Waals surface area contributed by atoms with Crippen LogP contribution in [0.25, 0.3) is 0 Å². The number of hydrogen-bond donors (Lipinski definition) is 2. The molecule has 1 heterocycles. The second kappa shape index (κ2) is 8.71. The van der Waals surface area contributed by atoms with Crippen molar-refractivity contribution < 1.29 is 17.9 Å². The minimum atomic E-state index is -4.37. The average molecular weight is 305 g/mol. The summed E-state index contributed by atoms with van der Waals surface area (Å²) < 4.78 is 43.4. The quantitative estimate of drug-likeness (QED) is 0.682. The first-order valence-corrected chi connectivity index (χ1v) is 7.03. The molecule has 0 bridgehead atoms. The molecular weight excluding hydrogens is 283 g/mol. The number of aromatic nitrogens is 1. The number of nitrogens with zero attached hydrogens (tertiary/aromatic N) is 1. The Balaban J connectivity index is 2.61. The van der Waals surface area contributed by atoms with Gasteiger partial charge in [0.25, 0.3) is 0 Å². The van der Waals surface area contributed by atoms with Crippen molar-refractivity contribution in [1.82, 2.24) is 4.98 Å². The minimum Gasteiger partial charge on any atom is -0.385 e. The Labute approximate surface area is 123 Å². The average Bonchev–Trinajstić information content (AvgIpc) is 2.42. The third-order valence-electron chi connectivity index (χ3n) is 2.84. The fourth-order valence-corrected chi connectivity index (χ4v) is 1.82. The summed E-state index contributed by atoms with van der Waals surface area (Å²) in [5, 5.41) is 5.75. The van der Waals surface area contributed by atoms with Crippen LogP contribution in [0, 0.1) is 0 Å². The molecule has 0 aliphatic rings. The fourth-order valence-electron chi connectivity index (χ4n) is 1.82. The summed E-state index contributed by atoms with van der Waals surface area (Å²) in [4.78, 5) is 4.12. The number of nitrogens with one attached hydrogen (secondary N) is 2. The molecule has 0 spiro atoms. The van der Waals surface area contributed by atoms with Crippen molar-refractivity contribution in [1.29, 1.82) is 0 Å². The van der Waals surface area contributed by atoms with E-state index in [1.807, 2.05) is 6.92 Å². The van der Waals surface area contributed by atoms with Gasteiger partial charge in [0.05, 0.1) is 5.56 Å². The number of methoxy groups -OCH3 is 1. The van der Waals surface area contributed by atoms with Gasteiger partial charge in [0, 0.05) is 26.8 Å². The maximum absolute atomic E-state index is 12.8. The Morgan fingerprint density at radius 1 is 1.10 bits per heavy atom. The Hall–Kier alpha value is -1.50. The second-order valence-corrected chi connectivity index (χ2v) is 4.63. The zero-order valence-corrected chi connectivity index (χ0v) is 12.4. The summed E-state index contributed by atoms with van der Waals surface area (Å²) in [7, 11) is 1.65. The van der Waals surface area contributed by atoms with Gasteiger partial charge in [-0.15, -0.1) is 0 Å². The predicted octanol–water partition coefficient (Wildman–Crippen LogP) is 3.76. The summed E-state index contributed by atoms with van der Waals surface area (Å²) in [6.45, 7) is 3.62. The number of alkyl halides is 3. The van der Waals surface area contributed by atoms with E-state index in [0.29, 0.717) is 19.7 Å². The van der Waals surface area contributed by atoms with Gasteiger partial charge in [0.1, 0.15) is 11.6 Å². The Bertz CT molecular complexity index is 424. The summed E-state index contributed by atoms with van der Waals surface area (Å²) in [6.07, 6.45) is -1.61. The second-order valence-electron chi connectivity index (χ2n) is 4.63. The Kier molecular flexibility index (Phi) is 7.28. The molecule has 0 unspecified atom stereocenters. The molecule has 0 fully saturated rings. The van der Waals surface area contributed by atoms with Gasteiger partial charge >= 0.3 is 6.18 Å². The molecule has 0 saturated heterocycles. The van der Waals surface area contributed by atoms with Crippen LogP contribution in [0.4, 0.5) is 24.8 Å². The maximum atomic E-state index is 12.8. The van der Waals surface area contributed by atoms with Gasteiger partial charge in [-0.2, -0.15) is 13.2 Å². The number of rotatable bonds is 9. The summed E-state index contributed by atoms with van der Waals surface area (Å²) >= 11 is 0. The molecule has 4 nitrogen and oxygen atoms in total. The van der Waals surface area contributed by atoms with Crippen molar-refractivity contribution >= 4 is 11.6 Å². The molecule has 0 aromatic carbocycles. The van der Waals surface area contributed by atoms with E-state index >= 15 is 0 Å². The Morgan fingerprint density at radius 3 is 2.33 bits per heavy atom. The molecule has 0 amide bonds. The molecular formula is C14H22F3N3O. The topological polar surface area (TPSA) is 46.2 Å². The molecule has 0 aliphatic carbocycles. The van der Waals surface area contributed by atoms with E-state index < -0.39 is 11.7 Å². The van der Waals surface area contributed by atoms with Crippen LogP contribution in [0.15, 0.2) is 12.1 Å². The molecule has 1 aromatic rings. The number of halogens is 3. The van der Waals surface area contributed by atoms with E-state index in [1.54, 1.807) is 7.11 Å². The van der Waals surface area contributed by atoms with Crippen molar-refractivity contribution in [3.05, 3.63) is 17.7 Å². The van der Waals surface area contributed by atoms with Gasteiger partial charge in [-0.25, -0.2) is 4.98 Å². The van der Waals surface area contributed by atoms with Crippen molar-refractivity contribution in [2.45, 2.75) is 32.4 Å². The maximum Gasteiger partial charge on any atom is 0.416 e. The van der Waals surface area contributed by atoms with Gasteiger partial charge in [-0.05, 0) is 38.3 Å². The molecule has 1 rings (SSSR count). The fraction of sp³-hybridized carbons (Fsp3) is 0.643. The van der Waals surface area contributed by atoms with Crippen molar-refractivity contribution in [2.75, 3.05) is 37.4 Å². The number of ether oxygens (including phenoxy) is 1. The minimum absolute atomic E-state index is 0.231. The summed E-state index contributed by atoms with van der Waals surface area (Å²) in [6, 6.07) is 2.06. The molecule has 0 radical (unpaired) electrons. The van der Waals surface area contributed by atoms with E-state index in [1.165, 1.54) is 0 Å². The van der Waals surface area contributed by atoms with Crippen LogP contribution in [0.3, 0.4) is 0 Å². The van der Waals surface area contributed by atoms with Crippen LogP contribution in [-0.2, 0) is 10.9 Å². The lowest BCUT2D eigenvalue weighted by molar-refractivity contribution is -0.137. The van der Waals surface area contributed by atoms with Crippen LogP contribution in [-0.4, -0.2) is 31.8 Å². The van der Waals surface area contributed by atoms with Crippen LogP contribution in [0.5, 0.6) is 0 Å². The molecule has 7 heteroatoms. The predicted molar refractivity (Wildman–Crippen MR) is 77.6 cm³/mol. The zero-order valence-electron chi connectivity index (χ0n) is 12.4. The number of anilines is 2. The van der Waals surface area contributed by atoms with E-state index in [4.69, 9.17) is 4.74 Å². The number of unbranched alkanes of at least 4 members (excludes halogenated alkanes) is 2. The van der Waals surface area contributed by atoms with E-state index in [0.717, 1.165) is 31.4 Å². The zero-order chi connectivity index (χ0) is 15.7. The number of hydrogen-bond acceptors (Lipinski definition) is 4. The highest BCUT2D eigenvalue weighted by Crippen LogP contribution is 2.32. The molecule has 0 atom stereocenters. The molecule has 0 aliphatic heterocycles. The summed E-state index contributed by atoms with van der Waals surface area (Å²) in [5.74, 6) is 0.474. The Morgan fingerprint density at radius 2 is 1.76 bits per heavy atom. The number of pyridine rings is 1. The van der Waals surface area contributed by atoms with Crippen LogP contribution in [0.2, 0.25) is 0 Å². The monoisotopic (exact) mass is 305 g/mol. The van der Waals surface area contributed by atoms with Crippen molar-refractivity contribution in [3.8, 4) is 0 Å². The van der Waals surface area contributed by atoms with Crippen molar-refractivity contribution in [3.63, 3.8) is 0 Å². The van der Waals surface area contributed by atoms with Crippen LogP contribution in [0.1, 0.15) is 31.7 Å². The first-order chi connectivity index (χ1) is 9.97. The summed E-state index contributed by atoms with van der Waals surface area (Å²) in [5.41, 5.74) is -0.699. The normalized spacial score (nSPS) is 11.5. The molecule has 120 valence electrons. The molecule has 1 aromatic heterocycles. The van der Waals surface area contributed by atoms with Crippen molar-refractivity contribution in [2.24, 2.45) is 0 Å². The smallest absolute Gasteiger partial charge is 0.385 e. The first kappa shape index (κ1) is 17.6. The van der Waals surface area contributed by atoms with E-state index in [9.17, 15) is 13.2 Å². The van der Waals surface area contributed by atoms with Crippen LogP contribution >= 0.6 is 0 Å². The van der Waals surface area contributed by atoms with Gasteiger partial charge in [0.15, 0.2) is 0 Å². The van der Waals surface area contributed by atoms with E-state index in [-0.39, 0.29) is 11.6 Å². The van der Waals surface area contributed by atoms with Gasteiger partial charge in [-0.1, -0.05) is 0 Å². The third kappa shape index (κ3) is 6.66. The lowest BCUT2D eigenvalue weighted by Gasteiger charge is -2.13. The van der Waals surface area contributed by atoms with Crippen LogP contribution < -0.4 is 10.6 Å². The first-order valence-electron chi connectivity index (χ1n) is 7.03. The molecule has 0 saturated carbocycles. The van der Waals surface area contributed by atoms with Gasteiger partial charge in [0.2, 0.25) is 0 Å². The lowest BCUT2D eigenvalue weighted by atomic mass is 10.2. The standard InChI is InChI=1S/C14H22F3N3O/c1-3-18-12-9-11(14(15,16)17)10-13(20-12)19-7-5-4-6-8-21-2/h9-10H,3-8H2,1-2H3,(H2,18,19,20). The molecule has 2 N–H and O–H groups in total.